The highest BCUT2D eigenvalue weighted by molar-refractivity contribution is 5.36. The fourth-order valence-corrected chi connectivity index (χ4v) is 3.05. The zero-order chi connectivity index (χ0) is 11.9. The molecule has 1 saturated heterocycles. The maximum atomic E-state index is 10.8. The zero-order valence-corrected chi connectivity index (χ0v) is 10.1. The summed E-state index contributed by atoms with van der Waals surface area (Å²) in [7, 11) is 0. The fraction of sp³-hybridized carbons (Fsp3) is 0.571. The van der Waals surface area contributed by atoms with Gasteiger partial charge in [0.1, 0.15) is 0 Å². The third-order valence-corrected chi connectivity index (χ3v) is 4.20. The standard InChI is InChI=1S/C14H19NO2/c1-14(16,11-6-7-17-9-11)13-12-5-3-2-4-10(12)8-15-13/h2-5,11,13,15-16H,6-9H2,1H3. The van der Waals surface area contributed by atoms with Crippen LogP contribution >= 0.6 is 0 Å². The van der Waals surface area contributed by atoms with Crippen LogP contribution in [0, 0.1) is 5.92 Å². The Hall–Kier alpha value is -0.900. The Morgan fingerprint density at radius 1 is 1.41 bits per heavy atom. The number of aliphatic hydroxyl groups is 1. The van der Waals surface area contributed by atoms with Crippen LogP contribution in [-0.4, -0.2) is 23.9 Å². The van der Waals surface area contributed by atoms with E-state index in [9.17, 15) is 5.11 Å². The largest absolute Gasteiger partial charge is 0.388 e. The molecule has 2 aliphatic rings. The van der Waals surface area contributed by atoms with Gasteiger partial charge in [0.15, 0.2) is 0 Å². The Bertz CT molecular complexity index is 410. The summed E-state index contributed by atoms with van der Waals surface area (Å²) in [6.45, 7) is 4.24. The van der Waals surface area contributed by atoms with Crippen molar-refractivity contribution in [1.82, 2.24) is 5.32 Å². The van der Waals surface area contributed by atoms with Crippen molar-refractivity contribution in [2.75, 3.05) is 13.2 Å². The molecule has 3 rings (SSSR count). The van der Waals surface area contributed by atoms with E-state index in [1.54, 1.807) is 0 Å². The van der Waals surface area contributed by atoms with Crippen molar-refractivity contribution in [3.63, 3.8) is 0 Å². The topological polar surface area (TPSA) is 41.5 Å². The molecule has 0 spiro atoms. The second-order valence-corrected chi connectivity index (χ2v) is 5.30. The highest BCUT2D eigenvalue weighted by Gasteiger charge is 2.44. The van der Waals surface area contributed by atoms with Crippen molar-refractivity contribution in [3.05, 3.63) is 35.4 Å². The predicted octanol–water partition coefficient (Wildman–Crippen LogP) is 1.62. The van der Waals surface area contributed by atoms with Crippen LogP contribution in [0.3, 0.4) is 0 Å². The van der Waals surface area contributed by atoms with E-state index in [2.05, 4.69) is 23.5 Å². The average molecular weight is 233 g/mol. The molecule has 3 atom stereocenters. The zero-order valence-electron chi connectivity index (χ0n) is 10.1. The van der Waals surface area contributed by atoms with Gasteiger partial charge in [0, 0.05) is 19.1 Å². The highest BCUT2D eigenvalue weighted by atomic mass is 16.5. The van der Waals surface area contributed by atoms with E-state index in [1.165, 1.54) is 11.1 Å². The number of ether oxygens (including phenoxy) is 1. The molecule has 0 bridgehead atoms. The summed E-state index contributed by atoms with van der Waals surface area (Å²) in [4.78, 5) is 0. The molecule has 17 heavy (non-hydrogen) atoms. The lowest BCUT2D eigenvalue weighted by Crippen LogP contribution is -2.45. The maximum absolute atomic E-state index is 10.8. The predicted molar refractivity (Wildman–Crippen MR) is 65.6 cm³/mol. The summed E-state index contributed by atoms with van der Waals surface area (Å²) in [5, 5.41) is 14.3. The quantitative estimate of drug-likeness (QED) is 0.815. The van der Waals surface area contributed by atoms with Gasteiger partial charge in [-0.3, -0.25) is 0 Å². The molecule has 3 nitrogen and oxygen atoms in total. The van der Waals surface area contributed by atoms with E-state index < -0.39 is 5.60 Å². The third-order valence-electron chi connectivity index (χ3n) is 4.20. The molecule has 0 amide bonds. The van der Waals surface area contributed by atoms with Gasteiger partial charge in [-0.1, -0.05) is 24.3 Å². The van der Waals surface area contributed by atoms with Crippen LogP contribution in [0.15, 0.2) is 24.3 Å². The second-order valence-electron chi connectivity index (χ2n) is 5.30. The molecule has 2 heterocycles. The lowest BCUT2D eigenvalue weighted by molar-refractivity contribution is -0.0359. The van der Waals surface area contributed by atoms with Gasteiger partial charge in [0.05, 0.1) is 18.2 Å². The number of hydrogen-bond donors (Lipinski definition) is 2. The van der Waals surface area contributed by atoms with Gasteiger partial charge in [0.2, 0.25) is 0 Å². The van der Waals surface area contributed by atoms with Crippen molar-refractivity contribution in [1.29, 1.82) is 0 Å². The first kappa shape index (κ1) is 11.2. The summed E-state index contributed by atoms with van der Waals surface area (Å²) in [5.41, 5.74) is 1.81. The lowest BCUT2D eigenvalue weighted by Gasteiger charge is -2.35. The van der Waals surface area contributed by atoms with Gasteiger partial charge in [-0.15, -0.1) is 0 Å². The van der Waals surface area contributed by atoms with Crippen LogP contribution in [-0.2, 0) is 11.3 Å². The number of rotatable bonds is 2. The molecule has 92 valence electrons. The monoisotopic (exact) mass is 233 g/mol. The second kappa shape index (κ2) is 4.09. The molecule has 1 aromatic carbocycles. The van der Waals surface area contributed by atoms with Crippen LogP contribution in [0.4, 0.5) is 0 Å². The molecule has 0 aromatic heterocycles. The summed E-state index contributed by atoms with van der Waals surface area (Å²) in [6, 6.07) is 8.37. The van der Waals surface area contributed by atoms with Gasteiger partial charge in [0.25, 0.3) is 0 Å². The van der Waals surface area contributed by atoms with Crippen LogP contribution in [0.2, 0.25) is 0 Å². The molecular weight excluding hydrogens is 214 g/mol. The van der Waals surface area contributed by atoms with Crippen molar-refractivity contribution in [2.24, 2.45) is 5.92 Å². The first-order chi connectivity index (χ1) is 8.19. The fourth-order valence-electron chi connectivity index (χ4n) is 3.05. The number of fused-ring (bicyclic) bond motifs is 1. The normalized spacial score (nSPS) is 31.2. The smallest absolute Gasteiger partial charge is 0.0864 e. The summed E-state index contributed by atoms with van der Waals surface area (Å²) in [5.74, 6) is 0.228. The minimum atomic E-state index is -0.733. The van der Waals surface area contributed by atoms with E-state index in [4.69, 9.17) is 4.74 Å². The van der Waals surface area contributed by atoms with Gasteiger partial charge < -0.3 is 15.2 Å². The van der Waals surface area contributed by atoms with E-state index in [0.29, 0.717) is 6.61 Å². The molecular formula is C14H19NO2. The molecule has 0 aliphatic carbocycles. The lowest BCUT2D eigenvalue weighted by atomic mass is 9.79. The van der Waals surface area contributed by atoms with E-state index in [-0.39, 0.29) is 12.0 Å². The van der Waals surface area contributed by atoms with Gasteiger partial charge in [-0.05, 0) is 24.5 Å². The first-order valence-electron chi connectivity index (χ1n) is 6.31. The first-order valence-corrected chi connectivity index (χ1v) is 6.31. The third kappa shape index (κ3) is 1.79. The van der Waals surface area contributed by atoms with Crippen molar-refractivity contribution in [2.45, 2.75) is 31.5 Å². The van der Waals surface area contributed by atoms with Crippen molar-refractivity contribution >= 4 is 0 Å². The molecule has 1 fully saturated rings. The number of hydrogen-bond acceptors (Lipinski definition) is 3. The van der Waals surface area contributed by atoms with Crippen LogP contribution in [0.25, 0.3) is 0 Å². The van der Waals surface area contributed by atoms with Gasteiger partial charge in [-0.25, -0.2) is 0 Å². The SMILES string of the molecule is CC(O)(C1CCOC1)C1NCc2ccccc21. The number of benzene rings is 1. The van der Waals surface area contributed by atoms with Crippen molar-refractivity contribution < 1.29 is 9.84 Å². The van der Waals surface area contributed by atoms with Gasteiger partial charge in [-0.2, -0.15) is 0 Å². The molecule has 0 radical (unpaired) electrons. The Labute approximate surface area is 102 Å². The molecule has 2 N–H and O–H groups in total. The van der Waals surface area contributed by atoms with Crippen LogP contribution in [0.5, 0.6) is 0 Å². The van der Waals surface area contributed by atoms with E-state index in [1.807, 2.05) is 13.0 Å². The average Bonchev–Trinajstić information content (AvgIpc) is 2.99. The maximum Gasteiger partial charge on any atom is 0.0864 e. The Balaban J connectivity index is 1.90. The minimum Gasteiger partial charge on any atom is -0.388 e. The van der Waals surface area contributed by atoms with Crippen LogP contribution in [0.1, 0.15) is 30.5 Å². The summed E-state index contributed by atoms with van der Waals surface area (Å²) in [6.07, 6.45) is 0.952. The van der Waals surface area contributed by atoms with Crippen molar-refractivity contribution in [3.8, 4) is 0 Å². The van der Waals surface area contributed by atoms with E-state index >= 15 is 0 Å². The Morgan fingerprint density at radius 2 is 2.24 bits per heavy atom. The molecule has 1 aromatic rings. The molecule has 2 aliphatic heterocycles. The minimum absolute atomic E-state index is 0.0328. The van der Waals surface area contributed by atoms with Crippen LogP contribution < -0.4 is 5.32 Å². The summed E-state index contributed by atoms with van der Waals surface area (Å²) >= 11 is 0. The molecule has 3 heteroatoms. The number of nitrogens with one attached hydrogen (secondary N) is 1. The Kier molecular flexibility index (Phi) is 2.69. The molecule has 3 unspecified atom stereocenters. The Morgan fingerprint density at radius 3 is 3.00 bits per heavy atom. The van der Waals surface area contributed by atoms with E-state index in [0.717, 1.165) is 19.6 Å². The molecule has 0 saturated carbocycles. The summed E-state index contributed by atoms with van der Waals surface area (Å²) < 4.78 is 5.40. The highest BCUT2D eigenvalue weighted by Crippen LogP contribution is 2.40. The van der Waals surface area contributed by atoms with Gasteiger partial charge >= 0.3 is 0 Å².